The van der Waals surface area contributed by atoms with Gasteiger partial charge in [-0.15, -0.1) is 0 Å². The molecule has 1 fully saturated rings. The number of piperidine rings is 1. The molecule has 1 spiro atoms. The van der Waals surface area contributed by atoms with E-state index >= 15 is 0 Å². The predicted molar refractivity (Wildman–Crippen MR) is 124 cm³/mol. The Hall–Kier alpha value is -1.82. The Morgan fingerprint density at radius 3 is 2.53 bits per heavy atom. The van der Waals surface area contributed by atoms with Gasteiger partial charge in [0, 0.05) is 19.1 Å². The third-order valence-corrected chi connectivity index (χ3v) is 7.38. The minimum atomic E-state index is -0.0679. The van der Waals surface area contributed by atoms with E-state index in [1.165, 1.54) is 16.7 Å². The second-order valence-corrected chi connectivity index (χ2v) is 9.32. The normalized spacial score (nSPS) is 22.7. The first kappa shape index (κ1) is 21.4. The molecule has 1 amide bonds. The quantitative estimate of drug-likeness (QED) is 0.734. The molecule has 0 radical (unpaired) electrons. The van der Waals surface area contributed by atoms with E-state index < -0.39 is 0 Å². The molecule has 0 aromatic heterocycles. The fourth-order valence-electron chi connectivity index (χ4n) is 5.38. The number of thioether (sulfide) groups is 1. The zero-order valence-electron chi connectivity index (χ0n) is 18.0. The van der Waals surface area contributed by atoms with Crippen molar-refractivity contribution in [1.82, 2.24) is 10.2 Å². The monoisotopic (exact) mass is 424 g/mol. The van der Waals surface area contributed by atoms with Gasteiger partial charge in [0.25, 0.3) is 0 Å². The summed E-state index contributed by atoms with van der Waals surface area (Å²) in [5, 5.41) is 3.27. The van der Waals surface area contributed by atoms with Gasteiger partial charge in [0.15, 0.2) is 0 Å². The van der Waals surface area contributed by atoms with Crippen LogP contribution in [0.25, 0.3) is 0 Å². The van der Waals surface area contributed by atoms with Gasteiger partial charge in [-0.05, 0) is 55.3 Å². The Morgan fingerprint density at radius 2 is 1.83 bits per heavy atom. The summed E-state index contributed by atoms with van der Waals surface area (Å²) in [7, 11) is 1.80. The summed E-state index contributed by atoms with van der Waals surface area (Å²) < 4.78 is 6.10. The van der Waals surface area contributed by atoms with Crippen LogP contribution >= 0.6 is 11.8 Å². The van der Waals surface area contributed by atoms with E-state index in [1.54, 1.807) is 18.9 Å². The van der Waals surface area contributed by atoms with E-state index in [1.807, 2.05) is 6.26 Å². The van der Waals surface area contributed by atoms with Crippen LogP contribution in [0.15, 0.2) is 54.6 Å². The van der Waals surface area contributed by atoms with Crippen molar-refractivity contribution in [2.45, 2.75) is 36.8 Å². The van der Waals surface area contributed by atoms with Crippen molar-refractivity contribution in [3.63, 3.8) is 0 Å². The van der Waals surface area contributed by atoms with Crippen LogP contribution in [0.4, 0.5) is 0 Å². The SMILES string of the molecule is CO[C@H]1[C@H](NC(=O)CSC)c2ccccc2C12CCN(CCc1ccccc1)CC2. The molecule has 1 N–H and O–H groups in total. The Bertz CT molecular complexity index is 849. The molecule has 160 valence electrons. The first-order valence-corrected chi connectivity index (χ1v) is 12.2. The van der Waals surface area contributed by atoms with E-state index in [4.69, 9.17) is 4.74 Å². The molecule has 4 nitrogen and oxygen atoms in total. The lowest BCUT2D eigenvalue weighted by Crippen LogP contribution is -2.51. The van der Waals surface area contributed by atoms with Gasteiger partial charge in [0.05, 0.1) is 17.9 Å². The van der Waals surface area contributed by atoms with Crippen LogP contribution < -0.4 is 5.32 Å². The summed E-state index contributed by atoms with van der Waals surface area (Å²) in [6.07, 6.45) is 5.16. The summed E-state index contributed by atoms with van der Waals surface area (Å²) in [6.45, 7) is 3.21. The largest absolute Gasteiger partial charge is 0.378 e. The molecule has 0 bridgehead atoms. The van der Waals surface area contributed by atoms with Crippen LogP contribution in [0.5, 0.6) is 0 Å². The molecule has 4 rings (SSSR count). The lowest BCUT2D eigenvalue weighted by atomic mass is 9.72. The summed E-state index contributed by atoms with van der Waals surface area (Å²) in [6, 6.07) is 19.3. The smallest absolute Gasteiger partial charge is 0.230 e. The van der Waals surface area contributed by atoms with Gasteiger partial charge in [-0.25, -0.2) is 0 Å². The number of ether oxygens (including phenoxy) is 1. The molecule has 0 unspecified atom stereocenters. The summed E-state index contributed by atoms with van der Waals surface area (Å²) in [4.78, 5) is 15.0. The third kappa shape index (κ3) is 4.16. The van der Waals surface area contributed by atoms with Crippen LogP contribution in [0.2, 0.25) is 0 Å². The van der Waals surface area contributed by atoms with Crippen molar-refractivity contribution in [3.8, 4) is 0 Å². The lowest BCUT2D eigenvalue weighted by Gasteiger charge is -2.44. The number of rotatable bonds is 7. The minimum absolute atomic E-state index is 0.0167. The maximum absolute atomic E-state index is 12.4. The first-order chi connectivity index (χ1) is 14.7. The molecule has 0 saturated carbocycles. The standard InChI is InChI=1S/C25H32N2O2S/c1-29-24-23(26-22(28)18-30-2)20-10-6-7-11-21(20)25(24)13-16-27(17-14-25)15-12-19-8-4-3-5-9-19/h3-11,23-24H,12-18H2,1-2H3,(H,26,28)/t23-,24+/m1/s1. The van der Waals surface area contributed by atoms with E-state index in [0.717, 1.165) is 38.9 Å². The van der Waals surface area contributed by atoms with Crippen molar-refractivity contribution in [3.05, 3.63) is 71.3 Å². The number of nitrogens with zero attached hydrogens (tertiary/aromatic N) is 1. The zero-order valence-corrected chi connectivity index (χ0v) is 18.8. The highest BCUT2D eigenvalue weighted by atomic mass is 32.2. The number of likely N-dealkylation sites (tertiary alicyclic amines) is 1. The van der Waals surface area contributed by atoms with Crippen molar-refractivity contribution >= 4 is 17.7 Å². The fraction of sp³-hybridized carbons (Fsp3) is 0.480. The average Bonchev–Trinajstić information content (AvgIpc) is 3.03. The van der Waals surface area contributed by atoms with Crippen LogP contribution in [-0.2, 0) is 21.4 Å². The van der Waals surface area contributed by atoms with Gasteiger partial charge in [-0.1, -0.05) is 54.6 Å². The highest BCUT2D eigenvalue weighted by molar-refractivity contribution is 7.99. The van der Waals surface area contributed by atoms with Gasteiger partial charge < -0.3 is 15.0 Å². The van der Waals surface area contributed by atoms with Gasteiger partial charge in [0.2, 0.25) is 5.91 Å². The van der Waals surface area contributed by atoms with E-state index in [9.17, 15) is 4.79 Å². The van der Waals surface area contributed by atoms with E-state index in [-0.39, 0.29) is 23.5 Å². The number of hydrogen-bond donors (Lipinski definition) is 1. The summed E-state index contributed by atoms with van der Waals surface area (Å²) in [5.41, 5.74) is 3.98. The van der Waals surface area contributed by atoms with Crippen LogP contribution in [0.3, 0.4) is 0 Å². The zero-order chi connectivity index (χ0) is 21.0. The number of carbonyl (C=O) groups is 1. The number of methoxy groups -OCH3 is 1. The fourth-order valence-corrected chi connectivity index (χ4v) is 5.73. The molecule has 1 heterocycles. The molecule has 2 aliphatic rings. The van der Waals surface area contributed by atoms with Crippen LogP contribution in [-0.4, -0.2) is 55.7 Å². The molecule has 5 heteroatoms. The Labute approximate surface area is 184 Å². The Morgan fingerprint density at radius 1 is 1.13 bits per heavy atom. The summed E-state index contributed by atoms with van der Waals surface area (Å²) >= 11 is 1.55. The van der Waals surface area contributed by atoms with E-state index in [0.29, 0.717) is 5.75 Å². The predicted octanol–water partition coefficient (Wildman–Crippen LogP) is 3.81. The van der Waals surface area contributed by atoms with Crippen molar-refractivity contribution < 1.29 is 9.53 Å². The van der Waals surface area contributed by atoms with Gasteiger partial charge in [-0.2, -0.15) is 11.8 Å². The highest BCUT2D eigenvalue weighted by Crippen LogP contribution is 2.52. The molecule has 1 aliphatic heterocycles. The van der Waals surface area contributed by atoms with Crippen molar-refractivity contribution in [1.29, 1.82) is 0 Å². The molecule has 1 saturated heterocycles. The number of fused-ring (bicyclic) bond motifs is 2. The minimum Gasteiger partial charge on any atom is -0.378 e. The molecule has 1 aliphatic carbocycles. The second kappa shape index (κ2) is 9.54. The number of carbonyl (C=O) groups excluding carboxylic acids is 1. The van der Waals surface area contributed by atoms with Gasteiger partial charge in [0.1, 0.15) is 0 Å². The maximum Gasteiger partial charge on any atom is 0.230 e. The maximum atomic E-state index is 12.4. The molecule has 2 atom stereocenters. The van der Waals surface area contributed by atoms with Crippen LogP contribution in [0.1, 0.15) is 35.6 Å². The number of benzene rings is 2. The number of hydrogen-bond acceptors (Lipinski definition) is 4. The molecule has 2 aromatic rings. The van der Waals surface area contributed by atoms with Crippen molar-refractivity contribution in [2.24, 2.45) is 0 Å². The van der Waals surface area contributed by atoms with E-state index in [2.05, 4.69) is 64.8 Å². The second-order valence-electron chi connectivity index (χ2n) is 8.46. The molecular formula is C25H32N2O2S. The number of amides is 1. The van der Waals surface area contributed by atoms with Gasteiger partial charge in [-0.3, -0.25) is 4.79 Å². The first-order valence-electron chi connectivity index (χ1n) is 10.8. The molecular weight excluding hydrogens is 392 g/mol. The Balaban J connectivity index is 1.49. The topological polar surface area (TPSA) is 41.6 Å². The summed E-state index contributed by atoms with van der Waals surface area (Å²) in [5.74, 6) is 0.566. The molecule has 30 heavy (non-hydrogen) atoms. The highest BCUT2D eigenvalue weighted by Gasteiger charge is 2.53. The van der Waals surface area contributed by atoms with Crippen LogP contribution in [0, 0.1) is 0 Å². The molecule has 2 aromatic carbocycles. The Kier molecular flexibility index (Phi) is 6.81. The lowest BCUT2D eigenvalue weighted by molar-refractivity contribution is -0.120. The third-order valence-electron chi connectivity index (χ3n) is 6.83. The average molecular weight is 425 g/mol. The van der Waals surface area contributed by atoms with Gasteiger partial charge >= 0.3 is 0 Å². The van der Waals surface area contributed by atoms with Crippen molar-refractivity contribution in [2.75, 3.05) is 38.8 Å². The number of nitrogens with one attached hydrogen (secondary N) is 1.